The number of aliphatic hydroxyl groups is 1. The number of rotatable bonds is 6. The molecule has 0 aliphatic heterocycles. The third-order valence-corrected chi connectivity index (χ3v) is 4.73. The number of hydrogen-bond donors (Lipinski definition) is 4. The number of benzene rings is 1. The number of aromatic amines is 1. The lowest BCUT2D eigenvalue weighted by Crippen LogP contribution is -2.49. The minimum absolute atomic E-state index is 0.260. The topological polar surface area (TPSA) is 100 Å². The van der Waals surface area contributed by atoms with E-state index in [9.17, 15) is 9.90 Å². The zero-order valence-electron chi connectivity index (χ0n) is 13.7. The van der Waals surface area contributed by atoms with Gasteiger partial charge in [-0.15, -0.1) is 0 Å². The Kier molecular flexibility index (Phi) is 5.37. The molecule has 1 unspecified atom stereocenters. The predicted octanol–water partition coefficient (Wildman–Crippen LogP) is 2.42. The van der Waals surface area contributed by atoms with Crippen molar-refractivity contribution in [3.05, 3.63) is 36.0 Å². The molecule has 1 aliphatic rings. The van der Waals surface area contributed by atoms with Crippen LogP contribution in [0.4, 0.5) is 4.79 Å². The average Bonchev–Trinajstić information content (AvgIpc) is 2.98. The van der Waals surface area contributed by atoms with Gasteiger partial charge in [-0.25, -0.2) is 4.79 Å². The molecule has 3 rings (SSSR count). The molecule has 1 aromatic heterocycles. The fourth-order valence-electron chi connectivity index (χ4n) is 3.50. The van der Waals surface area contributed by atoms with Crippen LogP contribution in [0.1, 0.15) is 37.7 Å². The van der Waals surface area contributed by atoms with Gasteiger partial charge in [-0.2, -0.15) is 0 Å². The number of aliphatic hydroxyl groups excluding tert-OH is 1. The maximum Gasteiger partial charge on any atom is 0.404 e. The molecule has 1 heterocycles. The van der Waals surface area contributed by atoms with Crippen molar-refractivity contribution in [2.45, 2.75) is 56.9 Å². The number of carbonyl (C=O) groups excluding carboxylic acids is 1. The maximum absolute atomic E-state index is 11.3. The molecule has 2 atom stereocenters. The monoisotopic (exact) mass is 331 g/mol. The molecule has 1 amide bonds. The summed E-state index contributed by atoms with van der Waals surface area (Å²) in [6.07, 6.45) is 5.39. The Morgan fingerprint density at radius 2 is 2.08 bits per heavy atom. The van der Waals surface area contributed by atoms with Crippen LogP contribution in [0, 0.1) is 0 Å². The highest BCUT2D eigenvalue weighted by Gasteiger charge is 2.27. The number of H-pyrrole nitrogens is 1. The summed E-state index contributed by atoms with van der Waals surface area (Å²) in [5.41, 5.74) is 7.20. The summed E-state index contributed by atoms with van der Waals surface area (Å²) in [4.78, 5) is 14.4. The van der Waals surface area contributed by atoms with Gasteiger partial charge in [-0.1, -0.05) is 37.5 Å². The van der Waals surface area contributed by atoms with Crippen LogP contribution in [0.3, 0.4) is 0 Å². The molecule has 5 N–H and O–H groups in total. The standard InChI is InChI=1S/C18H25N3O3/c19-18(23)24-16(17(22)21-13-6-2-1-3-7-13)10-12-11-20-15-9-5-4-8-14(12)15/h4-5,8-9,11,13,16-17,20-22H,1-3,6-7,10H2,(H2,19,23)/t16?,17-/m1/s1. The second-order valence-electron chi connectivity index (χ2n) is 6.49. The van der Waals surface area contributed by atoms with Gasteiger partial charge >= 0.3 is 6.09 Å². The van der Waals surface area contributed by atoms with Gasteiger partial charge in [0.1, 0.15) is 12.3 Å². The first kappa shape index (κ1) is 16.8. The number of fused-ring (bicyclic) bond motifs is 1. The van der Waals surface area contributed by atoms with Crippen molar-refractivity contribution in [2.24, 2.45) is 5.73 Å². The normalized spacial score (nSPS) is 18.4. The number of nitrogens with one attached hydrogen (secondary N) is 2. The van der Waals surface area contributed by atoms with E-state index in [2.05, 4.69) is 10.3 Å². The van der Waals surface area contributed by atoms with Crippen LogP contribution >= 0.6 is 0 Å². The lowest BCUT2D eigenvalue weighted by Gasteiger charge is -2.29. The first-order valence-corrected chi connectivity index (χ1v) is 8.58. The van der Waals surface area contributed by atoms with Crippen molar-refractivity contribution in [1.82, 2.24) is 10.3 Å². The van der Waals surface area contributed by atoms with E-state index in [1.807, 2.05) is 30.5 Å². The Balaban J connectivity index is 1.71. The van der Waals surface area contributed by atoms with Gasteiger partial charge in [0, 0.05) is 29.6 Å². The summed E-state index contributed by atoms with van der Waals surface area (Å²) in [5, 5.41) is 14.8. The SMILES string of the molecule is NC(=O)OC(Cc1c[nH]c2ccccc12)[C@@H](O)NC1CCCCC1. The van der Waals surface area contributed by atoms with Crippen LogP contribution in [0.15, 0.2) is 30.5 Å². The summed E-state index contributed by atoms with van der Waals surface area (Å²) >= 11 is 0. The van der Waals surface area contributed by atoms with E-state index in [0.29, 0.717) is 6.42 Å². The first-order chi connectivity index (χ1) is 11.6. The second-order valence-corrected chi connectivity index (χ2v) is 6.49. The molecule has 1 saturated carbocycles. The van der Waals surface area contributed by atoms with E-state index in [4.69, 9.17) is 10.5 Å². The smallest absolute Gasteiger partial charge is 0.404 e. The third kappa shape index (κ3) is 4.07. The van der Waals surface area contributed by atoms with Crippen molar-refractivity contribution < 1.29 is 14.6 Å². The number of para-hydroxylation sites is 1. The summed E-state index contributed by atoms with van der Waals surface area (Å²) in [7, 11) is 0. The maximum atomic E-state index is 11.3. The van der Waals surface area contributed by atoms with Crippen LogP contribution in [0.2, 0.25) is 0 Å². The molecule has 1 aliphatic carbocycles. The largest absolute Gasteiger partial charge is 0.442 e. The molecular formula is C18H25N3O3. The molecule has 130 valence electrons. The summed E-state index contributed by atoms with van der Waals surface area (Å²) in [6.45, 7) is 0. The Bertz CT molecular complexity index is 679. The fourth-order valence-corrected chi connectivity index (χ4v) is 3.50. The Morgan fingerprint density at radius 3 is 2.83 bits per heavy atom. The van der Waals surface area contributed by atoms with Gasteiger partial charge in [0.25, 0.3) is 0 Å². The van der Waals surface area contributed by atoms with Gasteiger partial charge in [-0.3, -0.25) is 5.32 Å². The highest BCUT2D eigenvalue weighted by Crippen LogP contribution is 2.22. The van der Waals surface area contributed by atoms with Crippen molar-refractivity contribution in [3.63, 3.8) is 0 Å². The predicted molar refractivity (Wildman–Crippen MR) is 92.5 cm³/mol. The van der Waals surface area contributed by atoms with E-state index in [-0.39, 0.29) is 6.04 Å². The Labute approximate surface area is 141 Å². The lowest BCUT2D eigenvalue weighted by molar-refractivity contribution is -0.0193. The van der Waals surface area contributed by atoms with E-state index < -0.39 is 18.4 Å². The fraction of sp³-hybridized carbons (Fsp3) is 0.500. The van der Waals surface area contributed by atoms with Crippen molar-refractivity contribution in [3.8, 4) is 0 Å². The minimum atomic E-state index is -0.936. The summed E-state index contributed by atoms with van der Waals surface area (Å²) < 4.78 is 5.19. The number of hydrogen-bond acceptors (Lipinski definition) is 4. The van der Waals surface area contributed by atoms with Gasteiger partial charge in [0.15, 0.2) is 0 Å². The third-order valence-electron chi connectivity index (χ3n) is 4.73. The number of nitrogens with two attached hydrogens (primary N) is 1. The quantitative estimate of drug-likeness (QED) is 0.611. The number of aromatic nitrogens is 1. The Hall–Kier alpha value is -2.05. The van der Waals surface area contributed by atoms with Crippen molar-refractivity contribution in [2.75, 3.05) is 0 Å². The zero-order valence-corrected chi connectivity index (χ0v) is 13.7. The molecular weight excluding hydrogens is 306 g/mol. The van der Waals surface area contributed by atoms with Crippen LogP contribution in [-0.4, -0.2) is 34.6 Å². The highest BCUT2D eigenvalue weighted by atomic mass is 16.6. The lowest BCUT2D eigenvalue weighted by atomic mass is 9.95. The molecule has 6 nitrogen and oxygen atoms in total. The molecule has 0 saturated heterocycles. The number of ether oxygens (including phenoxy) is 1. The van der Waals surface area contributed by atoms with Crippen molar-refractivity contribution >= 4 is 17.0 Å². The van der Waals surface area contributed by atoms with Crippen LogP contribution in [0.5, 0.6) is 0 Å². The van der Waals surface area contributed by atoms with E-state index in [1.165, 1.54) is 6.42 Å². The van der Waals surface area contributed by atoms with Gasteiger partial charge in [-0.05, 0) is 24.5 Å². The van der Waals surface area contributed by atoms with Gasteiger partial charge in [0.2, 0.25) is 0 Å². The van der Waals surface area contributed by atoms with E-state index in [1.54, 1.807) is 0 Å². The molecule has 1 aromatic carbocycles. The second kappa shape index (κ2) is 7.68. The van der Waals surface area contributed by atoms with Crippen molar-refractivity contribution in [1.29, 1.82) is 0 Å². The molecule has 1 fully saturated rings. The molecule has 6 heteroatoms. The summed E-state index contributed by atoms with van der Waals surface area (Å²) in [6, 6.07) is 8.17. The van der Waals surface area contributed by atoms with Crippen LogP contribution < -0.4 is 11.1 Å². The minimum Gasteiger partial charge on any atom is -0.442 e. The molecule has 0 bridgehead atoms. The molecule has 2 aromatic rings. The number of carbonyl (C=O) groups is 1. The van der Waals surface area contributed by atoms with Crippen LogP contribution in [-0.2, 0) is 11.2 Å². The Morgan fingerprint density at radius 1 is 1.33 bits per heavy atom. The molecule has 0 spiro atoms. The summed E-state index contributed by atoms with van der Waals surface area (Å²) in [5.74, 6) is 0. The number of amides is 1. The highest BCUT2D eigenvalue weighted by molar-refractivity contribution is 5.83. The average molecular weight is 331 g/mol. The zero-order chi connectivity index (χ0) is 16.9. The first-order valence-electron chi connectivity index (χ1n) is 8.58. The van der Waals surface area contributed by atoms with E-state index >= 15 is 0 Å². The molecule has 0 radical (unpaired) electrons. The number of primary amides is 1. The van der Waals surface area contributed by atoms with E-state index in [0.717, 1.165) is 42.1 Å². The van der Waals surface area contributed by atoms with Gasteiger partial charge < -0.3 is 20.6 Å². The van der Waals surface area contributed by atoms with Gasteiger partial charge in [0.05, 0.1) is 0 Å². The van der Waals surface area contributed by atoms with Crippen LogP contribution in [0.25, 0.3) is 10.9 Å². The molecule has 24 heavy (non-hydrogen) atoms.